The fraction of sp³-hybridized carbons (Fsp3) is 0.0833. The zero-order valence-corrected chi connectivity index (χ0v) is 18.8. The lowest BCUT2D eigenvalue weighted by Crippen LogP contribution is -2.21. The van der Waals surface area contributed by atoms with Crippen LogP contribution in [-0.4, -0.2) is 17.8 Å². The summed E-state index contributed by atoms with van der Waals surface area (Å²) in [6, 6.07) is 17.5. The second kappa shape index (κ2) is 10.1. The molecule has 0 atom stereocenters. The Labute approximate surface area is 198 Å². The highest BCUT2D eigenvalue weighted by atomic mass is 35.5. The smallest absolute Gasteiger partial charge is 0.395 e. The number of allylic oxidation sites excluding steroid dienone is 2. The molecule has 0 radical (unpaired) electrons. The van der Waals surface area contributed by atoms with Crippen LogP contribution in [0.4, 0.5) is 24.5 Å². The molecule has 3 aromatic rings. The summed E-state index contributed by atoms with van der Waals surface area (Å²) >= 11 is 12.0. The van der Waals surface area contributed by atoms with Crippen molar-refractivity contribution in [2.45, 2.75) is 13.1 Å². The van der Waals surface area contributed by atoms with Crippen LogP contribution in [0.1, 0.15) is 21.5 Å². The van der Waals surface area contributed by atoms with E-state index in [4.69, 9.17) is 28.9 Å². The van der Waals surface area contributed by atoms with E-state index in [-0.39, 0.29) is 22.3 Å². The minimum atomic E-state index is -4.72. The number of nitrogens with zero attached hydrogens (tertiary/aromatic N) is 1. The third-order valence-electron chi connectivity index (χ3n) is 4.59. The van der Waals surface area contributed by atoms with E-state index < -0.39 is 11.9 Å². The van der Waals surface area contributed by atoms with Crippen LogP contribution in [0.3, 0.4) is 0 Å². The first-order valence-corrected chi connectivity index (χ1v) is 10.4. The van der Waals surface area contributed by atoms with Crippen molar-refractivity contribution < 1.29 is 18.0 Å². The number of hydrogen-bond acceptors (Lipinski definition) is 3. The largest absolute Gasteiger partial charge is 0.430 e. The lowest BCUT2D eigenvalue weighted by Gasteiger charge is -2.11. The Bertz CT molecular complexity index is 1240. The zero-order chi connectivity index (χ0) is 24.2. The number of halogens is 5. The molecule has 33 heavy (non-hydrogen) atoms. The Kier molecular flexibility index (Phi) is 7.46. The van der Waals surface area contributed by atoms with E-state index in [0.29, 0.717) is 21.8 Å². The van der Waals surface area contributed by atoms with Gasteiger partial charge in [-0.25, -0.2) is 4.99 Å². The molecule has 0 bridgehead atoms. The molecule has 3 rings (SSSR count). The molecule has 0 saturated heterocycles. The van der Waals surface area contributed by atoms with E-state index in [2.05, 4.69) is 10.3 Å². The molecule has 0 aromatic heterocycles. The van der Waals surface area contributed by atoms with Gasteiger partial charge in [-0.2, -0.15) is 13.2 Å². The summed E-state index contributed by atoms with van der Waals surface area (Å²) in [5.74, 6) is -0.387. The first kappa shape index (κ1) is 24.4. The maximum Gasteiger partial charge on any atom is 0.430 e. The number of carbonyl (C=O) groups is 1. The molecule has 0 spiro atoms. The van der Waals surface area contributed by atoms with E-state index >= 15 is 0 Å². The van der Waals surface area contributed by atoms with Crippen molar-refractivity contribution in [1.82, 2.24) is 0 Å². The van der Waals surface area contributed by atoms with Crippen LogP contribution in [0.25, 0.3) is 0 Å². The zero-order valence-electron chi connectivity index (χ0n) is 17.3. The maximum atomic E-state index is 13.0. The number of benzene rings is 3. The lowest BCUT2D eigenvalue weighted by molar-refractivity contribution is -0.0925. The van der Waals surface area contributed by atoms with E-state index in [0.717, 1.165) is 11.6 Å². The number of aryl methyl sites for hydroxylation is 1. The van der Waals surface area contributed by atoms with Crippen LogP contribution >= 0.6 is 23.2 Å². The first-order valence-electron chi connectivity index (χ1n) is 9.60. The average molecular weight is 492 g/mol. The van der Waals surface area contributed by atoms with Crippen molar-refractivity contribution in [2.24, 2.45) is 10.7 Å². The molecule has 0 aliphatic carbocycles. The third kappa shape index (κ3) is 6.37. The predicted molar refractivity (Wildman–Crippen MR) is 127 cm³/mol. The Morgan fingerprint density at radius 3 is 2.24 bits per heavy atom. The number of amides is 1. The van der Waals surface area contributed by atoms with E-state index in [1.807, 2.05) is 0 Å². The molecule has 0 unspecified atom stereocenters. The van der Waals surface area contributed by atoms with Crippen LogP contribution in [0.2, 0.25) is 10.0 Å². The number of nitrogens with two attached hydrogens (primary N) is 1. The van der Waals surface area contributed by atoms with Crippen LogP contribution < -0.4 is 11.1 Å². The summed E-state index contributed by atoms with van der Waals surface area (Å²) in [5, 5.41) is 3.59. The van der Waals surface area contributed by atoms with Gasteiger partial charge in [-0.1, -0.05) is 47.5 Å². The monoisotopic (exact) mass is 491 g/mol. The normalized spacial score (nSPS) is 12.5. The molecule has 3 N–H and O–H groups in total. The second-order valence-corrected chi connectivity index (χ2v) is 7.88. The molecule has 4 nitrogen and oxygen atoms in total. The number of para-hydroxylation sites is 1. The first-order chi connectivity index (χ1) is 15.5. The number of anilines is 1. The van der Waals surface area contributed by atoms with Crippen LogP contribution in [0.15, 0.2) is 83.5 Å². The molecule has 0 saturated carbocycles. The highest BCUT2D eigenvalue weighted by Gasteiger charge is 2.31. The number of hydrogen-bond donors (Lipinski definition) is 2. The maximum absolute atomic E-state index is 13.0. The van der Waals surface area contributed by atoms with E-state index in [9.17, 15) is 18.0 Å². The lowest BCUT2D eigenvalue weighted by atomic mass is 10.1. The van der Waals surface area contributed by atoms with Crippen LogP contribution in [0.5, 0.6) is 0 Å². The fourth-order valence-electron chi connectivity index (χ4n) is 2.84. The van der Waals surface area contributed by atoms with Gasteiger partial charge in [0.05, 0.1) is 16.4 Å². The van der Waals surface area contributed by atoms with Crippen molar-refractivity contribution in [1.29, 1.82) is 0 Å². The SMILES string of the molecule is Cc1cc(Cl)ccc1NC(=O)c1ccc(C(C=C(N)C(F)(F)F)=Nc2ccccc2Cl)cc1. The fourth-order valence-corrected chi connectivity index (χ4v) is 3.24. The molecule has 0 aliphatic heterocycles. The van der Waals surface area contributed by atoms with Gasteiger partial charge in [0.1, 0.15) is 5.70 Å². The number of carbonyl (C=O) groups excluding carboxylic acids is 1. The number of rotatable bonds is 5. The van der Waals surface area contributed by atoms with Crippen molar-refractivity contribution in [3.63, 3.8) is 0 Å². The van der Waals surface area contributed by atoms with Gasteiger partial charge in [-0.15, -0.1) is 0 Å². The molecule has 0 aliphatic rings. The second-order valence-electron chi connectivity index (χ2n) is 7.04. The van der Waals surface area contributed by atoms with Crippen molar-refractivity contribution in [3.05, 3.63) is 105 Å². The van der Waals surface area contributed by atoms with Crippen molar-refractivity contribution >= 4 is 46.2 Å². The van der Waals surface area contributed by atoms with E-state index in [1.165, 1.54) is 24.3 Å². The number of alkyl halides is 3. The molecular weight excluding hydrogens is 474 g/mol. The highest BCUT2D eigenvalue weighted by molar-refractivity contribution is 6.33. The molecule has 0 heterocycles. The molecular formula is C24H18Cl2F3N3O. The van der Waals surface area contributed by atoms with Gasteiger partial charge in [0.25, 0.3) is 5.91 Å². The van der Waals surface area contributed by atoms with Gasteiger partial charge < -0.3 is 11.1 Å². The van der Waals surface area contributed by atoms with Crippen LogP contribution in [0, 0.1) is 6.92 Å². The summed E-state index contributed by atoms with van der Waals surface area (Å²) in [7, 11) is 0. The van der Waals surface area contributed by atoms with E-state index in [1.54, 1.807) is 49.4 Å². The highest BCUT2D eigenvalue weighted by Crippen LogP contribution is 2.27. The number of nitrogens with one attached hydrogen (secondary N) is 1. The topological polar surface area (TPSA) is 67.5 Å². The Balaban J connectivity index is 1.93. The van der Waals surface area contributed by atoms with Gasteiger partial charge in [0.15, 0.2) is 0 Å². The predicted octanol–water partition coefficient (Wildman–Crippen LogP) is 7.08. The quantitative estimate of drug-likeness (QED) is 0.374. The summed E-state index contributed by atoms with van der Waals surface area (Å²) in [6.07, 6.45) is -3.99. The summed E-state index contributed by atoms with van der Waals surface area (Å²) in [4.78, 5) is 16.9. The Hall–Kier alpha value is -3.29. The van der Waals surface area contributed by atoms with Crippen molar-refractivity contribution in [2.75, 3.05) is 5.32 Å². The summed E-state index contributed by atoms with van der Waals surface area (Å²) < 4.78 is 39.1. The van der Waals surface area contributed by atoms with Crippen LogP contribution in [-0.2, 0) is 0 Å². The third-order valence-corrected chi connectivity index (χ3v) is 5.15. The van der Waals surface area contributed by atoms with Gasteiger partial charge in [-0.3, -0.25) is 4.79 Å². The minimum absolute atomic E-state index is 0.0570. The molecule has 1 amide bonds. The Morgan fingerprint density at radius 1 is 1.00 bits per heavy atom. The minimum Gasteiger partial charge on any atom is -0.395 e. The van der Waals surface area contributed by atoms with Crippen molar-refractivity contribution in [3.8, 4) is 0 Å². The molecule has 3 aromatic carbocycles. The average Bonchev–Trinajstić information content (AvgIpc) is 2.76. The molecule has 170 valence electrons. The summed E-state index contributed by atoms with van der Waals surface area (Å²) in [6.45, 7) is 1.80. The Morgan fingerprint density at radius 2 is 1.64 bits per heavy atom. The molecule has 9 heteroatoms. The molecule has 0 fully saturated rings. The standard InChI is InChI=1S/C24H18Cl2F3N3O/c1-14-12-17(25)10-11-19(14)32-23(33)16-8-6-15(7-9-16)21(13-22(30)24(27,28)29)31-20-5-3-2-4-18(20)26/h2-13H,30H2,1H3,(H,32,33). The van der Waals surface area contributed by atoms with Gasteiger partial charge in [0.2, 0.25) is 0 Å². The number of aliphatic imine (C=N–C) groups is 1. The van der Waals surface area contributed by atoms with Gasteiger partial charge in [0, 0.05) is 21.8 Å². The summed E-state index contributed by atoms with van der Waals surface area (Å²) in [5.41, 5.74) is 6.13. The van der Waals surface area contributed by atoms with Gasteiger partial charge >= 0.3 is 6.18 Å². The van der Waals surface area contributed by atoms with Gasteiger partial charge in [-0.05, 0) is 61.0 Å².